The number of aromatic nitrogens is 2. The molecule has 2 N–H and O–H groups in total. The predicted octanol–water partition coefficient (Wildman–Crippen LogP) is 3.93. The molecule has 0 aliphatic carbocycles. The van der Waals surface area contributed by atoms with Crippen molar-refractivity contribution in [3.8, 4) is 5.69 Å². The van der Waals surface area contributed by atoms with E-state index in [4.69, 9.17) is 28.9 Å². The fourth-order valence-corrected chi connectivity index (χ4v) is 3.61. The Morgan fingerprint density at radius 1 is 1.26 bits per heavy atom. The summed E-state index contributed by atoms with van der Waals surface area (Å²) in [6.45, 7) is 1.72. The monoisotopic (exact) mass is 367 g/mol. The molecule has 0 saturated carbocycles. The van der Waals surface area contributed by atoms with Crippen LogP contribution in [0.4, 0.5) is 5.00 Å². The number of fused-ring (bicyclic) bond motifs is 1. The van der Waals surface area contributed by atoms with Crippen molar-refractivity contribution in [3.63, 3.8) is 0 Å². The lowest BCUT2D eigenvalue weighted by Gasteiger charge is -2.08. The highest BCUT2D eigenvalue weighted by molar-refractivity contribution is 7.21. The number of hydrogen-bond acceptors (Lipinski definition) is 5. The summed E-state index contributed by atoms with van der Waals surface area (Å²) in [5.74, 6) is -0.211. The molecule has 2 heterocycles. The number of nitrogens with zero attached hydrogens (tertiary/aromatic N) is 2. The predicted molar refractivity (Wildman–Crippen MR) is 94.3 cm³/mol. The summed E-state index contributed by atoms with van der Waals surface area (Å²) in [5, 5.41) is 5.58. The van der Waals surface area contributed by atoms with Crippen LogP contribution in [-0.4, -0.2) is 15.6 Å². The Morgan fingerprint density at radius 2 is 1.91 bits per heavy atom. The van der Waals surface area contributed by atoms with E-state index < -0.39 is 5.56 Å². The van der Waals surface area contributed by atoms with Gasteiger partial charge >= 0.3 is 0 Å². The standard InChI is InChI=1S/C15H11Cl2N3O2S/c1-2-9(21)12-10-11(14(18)23-13(10)17)15(22)20(19-12)8-5-3-7(16)4-6-8/h3-6H,2,18H2,1H3. The van der Waals surface area contributed by atoms with Crippen LogP contribution < -0.4 is 11.3 Å². The molecular weight excluding hydrogens is 357 g/mol. The molecule has 0 aliphatic rings. The second-order valence-corrected chi connectivity index (χ2v) is 6.90. The average Bonchev–Trinajstić information content (AvgIpc) is 2.83. The second kappa shape index (κ2) is 5.96. The van der Waals surface area contributed by atoms with Crippen LogP contribution >= 0.6 is 34.5 Å². The fourth-order valence-electron chi connectivity index (χ4n) is 2.27. The van der Waals surface area contributed by atoms with Crippen LogP contribution in [0.2, 0.25) is 9.36 Å². The van der Waals surface area contributed by atoms with Crippen LogP contribution in [0.1, 0.15) is 23.8 Å². The molecule has 2 aromatic heterocycles. The molecule has 0 atom stereocenters. The molecule has 8 heteroatoms. The van der Waals surface area contributed by atoms with Crippen molar-refractivity contribution in [3.05, 3.63) is 49.7 Å². The van der Waals surface area contributed by atoms with Crippen molar-refractivity contribution in [1.82, 2.24) is 9.78 Å². The van der Waals surface area contributed by atoms with Gasteiger partial charge in [0.15, 0.2) is 5.78 Å². The van der Waals surface area contributed by atoms with Gasteiger partial charge in [-0.15, -0.1) is 11.3 Å². The molecule has 23 heavy (non-hydrogen) atoms. The first-order valence-electron chi connectivity index (χ1n) is 6.74. The van der Waals surface area contributed by atoms with Gasteiger partial charge in [0, 0.05) is 11.4 Å². The van der Waals surface area contributed by atoms with Crippen molar-refractivity contribution in [2.45, 2.75) is 13.3 Å². The van der Waals surface area contributed by atoms with E-state index in [2.05, 4.69) is 5.10 Å². The number of nitrogens with two attached hydrogens (primary N) is 1. The summed E-state index contributed by atoms with van der Waals surface area (Å²) in [6.07, 6.45) is 0.243. The van der Waals surface area contributed by atoms with Crippen LogP contribution in [0.3, 0.4) is 0 Å². The minimum Gasteiger partial charge on any atom is -0.390 e. The fraction of sp³-hybridized carbons (Fsp3) is 0.133. The third-order valence-electron chi connectivity index (χ3n) is 3.39. The van der Waals surface area contributed by atoms with E-state index in [9.17, 15) is 9.59 Å². The number of nitrogen functional groups attached to an aromatic ring is 1. The number of hydrogen-bond donors (Lipinski definition) is 1. The summed E-state index contributed by atoms with van der Waals surface area (Å²) in [5.41, 5.74) is 6.14. The maximum absolute atomic E-state index is 12.7. The lowest BCUT2D eigenvalue weighted by molar-refractivity contribution is 0.0983. The van der Waals surface area contributed by atoms with Crippen molar-refractivity contribution >= 4 is 56.1 Å². The first-order valence-corrected chi connectivity index (χ1v) is 8.31. The number of rotatable bonds is 3. The van der Waals surface area contributed by atoms with E-state index in [-0.39, 0.29) is 28.3 Å². The zero-order chi connectivity index (χ0) is 16.7. The quantitative estimate of drug-likeness (QED) is 0.711. The SMILES string of the molecule is CCC(=O)c1nn(-c2ccc(Cl)cc2)c(=O)c2c(N)sc(Cl)c12. The van der Waals surface area contributed by atoms with Gasteiger partial charge in [0.1, 0.15) is 15.0 Å². The molecule has 0 amide bonds. The van der Waals surface area contributed by atoms with Gasteiger partial charge in [-0.05, 0) is 24.3 Å². The second-order valence-electron chi connectivity index (χ2n) is 4.81. The molecule has 0 bridgehead atoms. The molecule has 0 spiro atoms. The van der Waals surface area contributed by atoms with E-state index in [0.29, 0.717) is 20.4 Å². The summed E-state index contributed by atoms with van der Waals surface area (Å²) >= 11 is 13.1. The van der Waals surface area contributed by atoms with E-state index >= 15 is 0 Å². The number of Topliss-reactive ketones (excluding diaryl/α,β-unsaturated/α-hetero) is 1. The highest BCUT2D eigenvalue weighted by Crippen LogP contribution is 2.37. The van der Waals surface area contributed by atoms with Crippen molar-refractivity contribution < 1.29 is 4.79 Å². The van der Waals surface area contributed by atoms with Crippen LogP contribution in [0.5, 0.6) is 0 Å². The number of benzene rings is 1. The van der Waals surface area contributed by atoms with Crippen molar-refractivity contribution in [1.29, 1.82) is 0 Å². The highest BCUT2D eigenvalue weighted by atomic mass is 35.5. The summed E-state index contributed by atoms with van der Waals surface area (Å²) < 4.78 is 1.45. The minimum atomic E-state index is -0.421. The molecule has 0 unspecified atom stereocenters. The van der Waals surface area contributed by atoms with Gasteiger partial charge in [0.2, 0.25) is 0 Å². The minimum absolute atomic E-state index is 0.148. The maximum Gasteiger partial charge on any atom is 0.282 e. The first kappa shape index (κ1) is 16.0. The number of carbonyl (C=O) groups is 1. The Balaban J connectivity index is 2.42. The Morgan fingerprint density at radius 3 is 2.52 bits per heavy atom. The molecule has 0 saturated heterocycles. The van der Waals surface area contributed by atoms with Crippen LogP contribution in [-0.2, 0) is 0 Å². The normalized spacial score (nSPS) is 11.1. The summed E-state index contributed by atoms with van der Waals surface area (Å²) in [6, 6.07) is 6.57. The molecule has 0 aliphatic heterocycles. The summed E-state index contributed by atoms with van der Waals surface area (Å²) in [7, 11) is 0. The number of thiophene rings is 1. The number of anilines is 1. The van der Waals surface area contributed by atoms with E-state index in [1.165, 1.54) is 0 Å². The van der Waals surface area contributed by atoms with Gasteiger partial charge in [0.25, 0.3) is 5.56 Å². The van der Waals surface area contributed by atoms with Crippen molar-refractivity contribution in [2.75, 3.05) is 5.73 Å². The smallest absolute Gasteiger partial charge is 0.282 e. The maximum atomic E-state index is 12.7. The third kappa shape index (κ3) is 2.63. The summed E-state index contributed by atoms with van der Waals surface area (Å²) in [4.78, 5) is 25.0. The molecular formula is C15H11Cl2N3O2S. The van der Waals surface area contributed by atoms with Gasteiger partial charge in [-0.1, -0.05) is 30.1 Å². The largest absolute Gasteiger partial charge is 0.390 e. The van der Waals surface area contributed by atoms with Crippen LogP contribution in [0.15, 0.2) is 29.1 Å². The molecule has 1 aromatic carbocycles. The van der Waals surface area contributed by atoms with E-state index in [0.717, 1.165) is 16.0 Å². The lowest BCUT2D eigenvalue weighted by Crippen LogP contribution is -2.24. The van der Waals surface area contributed by atoms with Crippen LogP contribution in [0.25, 0.3) is 16.5 Å². The van der Waals surface area contributed by atoms with Gasteiger partial charge in [0.05, 0.1) is 16.5 Å². The Bertz CT molecular complexity index is 977. The number of ketones is 1. The Kier molecular flexibility index (Phi) is 4.14. The lowest BCUT2D eigenvalue weighted by atomic mass is 10.1. The van der Waals surface area contributed by atoms with Gasteiger partial charge < -0.3 is 5.73 Å². The molecule has 3 aromatic rings. The van der Waals surface area contributed by atoms with Gasteiger partial charge in [-0.2, -0.15) is 9.78 Å². The zero-order valence-electron chi connectivity index (χ0n) is 12.0. The molecule has 0 radical (unpaired) electrons. The van der Waals surface area contributed by atoms with E-state index in [1.54, 1.807) is 31.2 Å². The van der Waals surface area contributed by atoms with Gasteiger partial charge in [-0.25, -0.2) is 0 Å². The molecule has 5 nitrogen and oxygen atoms in total. The average molecular weight is 368 g/mol. The molecule has 118 valence electrons. The van der Waals surface area contributed by atoms with Crippen LogP contribution in [0, 0.1) is 0 Å². The number of halogens is 2. The zero-order valence-corrected chi connectivity index (χ0v) is 14.3. The Labute approximate surface area is 145 Å². The van der Waals surface area contributed by atoms with Gasteiger partial charge in [-0.3, -0.25) is 9.59 Å². The highest BCUT2D eigenvalue weighted by Gasteiger charge is 2.22. The third-order valence-corrected chi connectivity index (χ3v) is 4.87. The molecule has 0 fully saturated rings. The first-order chi connectivity index (χ1) is 10.9. The number of carbonyl (C=O) groups excluding carboxylic acids is 1. The topological polar surface area (TPSA) is 78.0 Å². The van der Waals surface area contributed by atoms with Crippen molar-refractivity contribution in [2.24, 2.45) is 0 Å². The Hall–Kier alpha value is -1.89. The molecule has 3 rings (SSSR count). The van der Waals surface area contributed by atoms with E-state index in [1.807, 2.05) is 0 Å².